The molecule has 0 aromatic heterocycles. The molecule has 10 radical (unpaired) electrons. The number of rotatable bonds is 4. The molecule has 3 heteroatoms. The third-order valence-corrected chi connectivity index (χ3v) is 4.05. The molecule has 2 heterocycles. The van der Waals surface area contributed by atoms with Crippen LogP contribution >= 0.6 is 0 Å². The maximum atomic E-state index is 4.94. The number of hydrogen-bond donors (Lipinski definition) is 0. The summed E-state index contributed by atoms with van der Waals surface area (Å²) in [5.74, 6) is 2.93. The molecule has 0 unspecified atom stereocenters. The van der Waals surface area contributed by atoms with Gasteiger partial charge in [0, 0.05) is 73.4 Å². The van der Waals surface area contributed by atoms with Crippen LogP contribution in [0, 0.1) is 110 Å². The third-order valence-electron chi connectivity index (χ3n) is 4.05. The van der Waals surface area contributed by atoms with Crippen molar-refractivity contribution in [2.45, 2.75) is 44.9 Å². The third kappa shape index (κ3) is 11.9. The first-order valence-corrected chi connectivity index (χ1v) is 9.02. The van der Waals surface area contributed by atoms with Crippen LogP contribution in [-0.4, -0.2) is 26.4 Å². The molecule has 0 atom stereocenters. The molecule has 0 bridgehead atoms. The fraction of sp³-hybridized carbons (Fsp3) is 0.524. The van der Waals surface area contributed by atoms with Gasteiger partial charge >= 0.3 is 0 Å². The van der Waals surface area contributed by atoms with Gasteiger partial charge in [-0.3, -0.25) is 0 Å². The summed E-state index contributed by atoms with van der Waals surface area (Å²) < 4.78 is 9.89. The SMILES string of the molecule is C1CCOC1.C1CCOC1.[CH]1[CH][CH][C](CCC[C]2[CH][CH][CH][CH]2)[CH]1.[Yb]. The van der Waals surface area contributed by atoms with Crippen molar-refractivity contribution in [1.29, 1.82) is 0 Å². The minimum atomic E-state index is 0. The zero-order valence-electron chi connectivity index (χ0n) is 14.5. The fourth-order valence-corrected chi connectivity index (χ4v) is 2.68. The molecule has 2 aliphatic carbocycles. The maximum Gasteiger partial charge on any atom is 0.0466 e. The van der Waals surface area contributed by atoms with Crippen LogP contribution in [0.5, 0.6) is 0 Å². The van der Waals surface area contributed by atoms with E-state index in [0.29, 0.717) is 0 Å². The van der Waals surface area contributed by atoms with Crippen LogP contribution in [0.4, 0.5) is 0 Å². The van der Waals surface area contributed by atoms with Crippen molar-refractivity contribution in [2.24, 2.45) is 0 Å². The van der Waals surface area contributed by atoms with Crippen LogP contribution < -0.4 is 0 Å². The zero-order valence-corrected chi connectivity index (χ0v) is 16.2. The summed E-state index contributed by atoms with van der Waals surface area (Å²) in [4.78, 5) is 0. The minimum Gasteiger partial charge on any atom is -0.381 e. The van der Waals surface area contributed by atoms with Gasteiger partial charge in [0.05, 0.1) is 0 Å². The molecule has 4 fully saturated rings. The largest absolute Gasteiger partial charge is 0.381 e. The van der Waals surface area contributed by atoms with Gasteiger partial charge in [0.2, 0.25) is 0 Å². The Kier molecular flexibility index (Phi) is 16.2. The topological polar surface area (TPSA) is 18.5 Å². The molecular weight excluding hydrogens is 457 g/mol. The normalized spacial score (nSPS) is 24.0. The summed E-state index contributed by atoms with van der Waals surface area (Å²) in [7, 11) is 0. The van der Waals surface area contributed by atoms with Gasteiger partial charge in [0.25, 0.3) is 0 Å². The van der Waals surface area contributed by atoms with E-state index in [4.69, 9.17) is 9.47 Å². The smallest absolute Gasteiger partial charge is 0.0466 e. The molecule has 24 heavy (non-hydrogen) atoms. The van der Waals surface area contributed by atoms with Crippen LogP contribution in [0.25, 0.3) is 0 Å². The predicted molar refractivity (Wildman–Crippen MR) is 94.8 cm³/mol. The summed E-state index contributed by atoms with van der Waals surface area (Å²) in [6, 6.07) is 0. The molecule has 0 spiro atoms. The zero-order chi connectivity index (χ0) is 16.0. The predicted octanol–water partition coefficient (Wildman–Crippen LogP) is 4.56. The van der Waals surface area contributed by atoms with Crippen LogP contribution in [0.1, 0.15) is 44.9 Å². The first-order valence-electron chi connectivity index (χ1n) is 9.02. The van der Waals surface area contributed by atoms with Gasteiger partial charge in [-0.2, -0.15) is 0 Å². The van der Waals surface area contributed by atoms with E-state index in [-0.39, 0.29) is 46.9 Å². The van der Waals surface area contributed by atoms with E-state index in [2.05, 4.69) is 51.4 Å². The Morgan fingerprint density at radius 3 is 1.17 bits per heavy atom. The van der Waals surface area contributed by atoms with E-state index in [1.807, 2.05) is 0 Å². The van der Waals surface area contributed by atoms with Gasteiger partial charge in [-0.1, -0.05) is 6.42 Å². The molecule has 2 aliphatic heterocycles. The molecule has 0 amide bonds. The Hall–Kier alpha value is 1.44. The van der Waals surface area contributed by atoms with Crippen molar-refractivity contribution < 1.29 is 56.4 Å². The molecule has 2 nitrogen and oxygen atoms in total. The van der Waals surface area contributed by atoms with Crippen LogP contribution in [0.2, 0.25) is 0 Å². The van der Waals surface area contributed by atoms with E-state index >= 15 is 0 Å². The average Bonchev–Trinajstić information content (AvgIpc) is 3.39. The molecule has 0 N–H and O–H groups in total. The van der Waals surface area contributed by atoms with E-state index in [9.17, 15) is 0 Å². The first-order chi connectivity index (χ1) is 11.4. The second-order valence-electron chi connectivity index (χ2n) is 6.08. The summed E-state index contributed by atoms with van der Waals surface area (Å²) in [5.41, 5.74) is 0. The molecule has 0 aromatic carbocycles. The van der Waals surface area contributed by atoms with Gasteiger partial charge in [-0.25, -0.2) is 0 Å². The van der Waals surface area contributed by atoms with Gasteiger partial charge < -0.3 is 9.47 Å². The Bertz CT molecular complexity index is 211. The monoisotopic (exact) mass is 488 g/mol. The van der Waals surface area contributed by atoms with E-state index in [1.165, 1.54) is 56.8 Å². The van der Waals surface area contributed by atoms with Crippen molar-refractivity contribution >= 4 is 0 Å². The van der Waals surface area contributed by atoms with Crippen molar-refractivity contribution in [3.05, 3.63) is 63.2 Å². The Morgan fingerprint density at radius 1 is 0.583 bits per heavy atom. The molecular formula is C21H30O2Yb. The first kappa shape index (κ1) is 23.5. The van der Waals surface area contributed by atoms with Crippen molar-refractivity contribution in [3.63, 3.8) is 0 Å². The second kappa shape index (κ2) is 16.6. The standard InChI is InChI=1S/C13H14.2C4H8O.Yb/c1-2-7-12(6-1)10-5-11-13-8-3-4-9-13;2*1-2-4-5-3-1;/h1-4,6-9H,5,10-11H2;2*1-4H2;. The van der Waals surface area contributed by atoms with Gasteiger partial charge in [-0.05, 0) is 102 Å². The summed E-state index contributed by atoms with van der Waals surface area (Å²) >= 11 is 0. The molecule has 2 saturated heterocycles. The molecule has 4 aliphatic rings. The Morgan fingerprint density at radius 2 is 0.917 bits per heavy atom. The minimum absolute atomic E-state index is 0. The maximum absolute atomic E-state index is 4.94. The summed E-state index contributed by atoms with van der Waals surface area (Å²) in [6.45, 7) is 4.00. The van der Waals surface area contributed by atoms with Gasteiger partial charge in [-0.15, -0.1) is 0 Å². The van der Waals surface area contributed by atoms with E-state index in [0.717, 1.165) is 26.4 Å². The number of hydrogen-bond acceptors (Lipinski definition) is 2. The fourth-order valence-electron chi connectivity index (χ4n) is 2.68. The molecule has 0 aromatic rings. The van der Waals surface area contributed by atoms with Crippen LogP contribution in [-0.2, 0) is 9.47 Å². The van der Waals surface area contributed by atoms with Crippen molar-refractivity contribution in [3.8, 4) is 0 Å². The van der Waals surface area contributed by atoms with E-state index < -0.39 is 0 Å². The van der Waals surface area contributed by atoms with Crippen molar-refractivity contribution in [1.82, 2.24) is 0 Å². The second-order valence-corrected chi connectivity index (χ2v) is 6.08. The Balaban J connectivity index is 0.000000216. The van der Waals surface area contributed by atoms with Gasteiger partial charge in [0.15, 0.2) is 0 Å². The molecule has 4 rings (SSSR count). The average molecular weight is 488 g/mol. The summed E-state index contributed by atoms with van der Waals surface area (Å²) in [5, 5.41) is 0. The van der Waals surface area contributed by atoms with Crippen molar-refractivity contribution in [2.75, 3.05) is 26.4 Å². The molecule has 2 saturated carbocycles. The van der Waals surface area contributed by atoms with E-state index in [1.54, 1.807) is 0 Å². The van der Waals surface area contributed by atoms with Gasteiger partial charge in [0.1, 0.15) is 0 Å². The molecule has 140 valence electrons. The van der Waals surface area contributed by atoms with Crippen LogP contribution in [0.3, 0.4) is 0 Å². The number of ether oxygens (including phenoxy) is 2. The quantitative estimate of drug-likeness (QED) is 0.579. The summed E-state index contributed by atoms with van der Waals surface area (Å²) in [6.07, 6.45) is 26.0. The van der Waals surface area contributed by atoms with Crippen LogP contribution in [0.15, 0.2) is 0 Å². The Labute approximate surface area is 189 Å².